The number of ether oxygens (including phenoxy) is 3. The number of hydrogen-bond donors (Lipinski definition) is 0. The predicted octanol–water partition coefficient (Wildman–Crippen LogP) is 3.37. The number of para-hydroxylation sites is 1. The van der Waals surface area contributed by atoms with Gasteiger partial charge >= 0.3 is 0 Å². The minimum atomic E-state index is -1.86. The number of halogens is 1. The van der Waals surface area contributed by atoms with Gasteiger partial charge in [0.05, 0.1) is 12.2 Å². The van der Waals surface area contributed by atoms with Crippen LogP contribution in [0.15, 0.2) is 60.8 Å². The smallest absolute Gasteiger partial charge is 0.261 e. The molecule has 0 bridgehead atoms. The lowest BCUT2D eigenvalue weighted by Gasteiger charge is -2.26. The van der Waals surface area contributed by atoms with Gasteiger partial charge in [-0.15, -0.1) is 0 Å². The Kier molecular flexibility index (Phi) is 3.56. The van der Waals surface area contributed by atoms with Gasteiger partial charge in [0.2, 0.25) is 5.91 Å². The molecule has 0 fully saturated rings. The first kappa shape index (κ1) is 17.3. The van der Waals surface area contributed by atoms with E-state index in [0.717, 1.165) is 5.69 Å². The van der Waals surface area contributed by atoms with Crippen LogP contribution in [0.4, 0.5) is 10.1 Å². The van der Waals surface area contributed by atoms with E-state index in [1.165, 1.54) is 0 Å². The molecule has 0 saturated heterocycles. The highest BCUT2D eigenvalue weighted by atomic mass is 19.1. The lowest BCUT2D eigenvalue weighted by molar-refractivity contribution is -0.126. The quantitative estimate of drug-likeness (QED) is 0.656. The summed E-state index contributed by atoms with van der Waals surface area (Å²) in [6, 6.07) is 16.1. The molecule has 2 unspecified atom stereocenters. The van der Waals surface area contributed by atoms with Gasteiger partial charge in [-0.3, -0.25) is 9.78 Å². The van der Waals surface area contributed by atoms with E-state index in [4.69, 9.17) is 14.2 Å². The SMILES string of the molecule is O=C1N(Cc2ccccn2)c2ccccc2C12c1cc3c(cc1OC2F)OCCO3. The number of fused-ring (bicyclic) bond motifs is 5. The van der Waals surface area contributed by atoms with Crippen LogP contribution in [0.1, 0.15) is 16.8 Å². The summed E-state index contributed by atoms with van der Waals surface area (Å²) in [6.07, 6.45) is -0.189. The van der Waals surface area contributed by atoms with Crippen molar-refractivity contribution in [2.45, 2.75) is 18.3 Å². The van der Waals surface area contributed by atoms with Gasteiger partial charge in [-0.05, 0) is 24.3 Å². The zero-order valence-corrected chi connectivity index (χ0v) is 15.9. The fourth-order valence-corrected chi connectivity index (χ4v) is 4.57. The largest absolute Gasteiger partial charge is 0.486 e. The van der Waals surface area contributed by atoms with Crippen molar-refractivity contribution in [3.8, 4) is 17.2 Å². The number of aromatic nitrogens is 1. The third-order valence-electron chi connectivity index (χ3n) is 5.89. The Morgan fingerprint density at radius 3 is 2.57 bits per heavy atom. The van der Waals surface area contributed by atoms with Crippen molar-refractivity contribution in [2.75, 3.05) is 18.1 Å². The normalized spacial score (nSPS) is 23.3. The van der Waals surface area contributed by atoms with Crippen LogP contribution >= 0.6 is 0 Å². The Morgan fingerprint density at radius 2 is 1.77 bits per heavy atom. The summed E-state index contributed by atoms with van der Waals surface area (Å²) in [7, 11) is 0. The van der Waals surface area contributed by atoms with Gasteiger partial charge in [0.1, 0.15) is 19.0 Å². The van der Waals surface area contributed by atoms with Crippen molar-refractivity contribution in [2.24, 2.45) is 0 Å². The Balaban J connectivity index is 1.54. The van der Waals surface area contributed by atoms with Crippen molar-refractivity contribution >= 4 is 11.6 Å². The molecule has 7 heteroatoms. The Labute approximate surface area is 171 Å². The molecule has 6 nitrogen and oxygen atoms in total. The van der Waals surface area contributed by atoms with E-state index in [1.807, 2.05) is 30.3 Å². The van der Waals surface area contributed by atoms with E-state index in [-0.39, 0.29) is 12.5 Å². The number of pyridine rings is 1. The molecule has 3 aliphatic rings. The molecule has 0 N–H and O–H groups in total. The van der Waals surface area contributed by atoms with Crippen molar-refractivity contribution < 1.29 is 23.4 Å². The van der Waals surface area contributed by atoms with Crippen molar-refractivity contribution in [3.63, 3.8) is 0 Å². The van der Waals surface area contributed by atoms with Crippen molar-refractivity contribution in [1.82, 2.24) is 4.98 Å². The summed E-state index contributed by atoms with van der Waals surface area (Å²) >= 11 is 0. The number of anilines is 1. The summed E-state index contributed by atoms with van der Waals surface area (Å²) in [6.45, 7) is 1.05. The standard InChI is InChI=1S/C23H17FN2O4/c24-21-23(16-11-19-20(12-18(16)30-21)29-10-9-28-19)15-6-1-2-7-17(15)26(22(23)27)13-14-5-3-4-8-25-14/h1-8,11-12,21H,9-10,13H2. The lowest BCUT2D eigenvalue weighted by atomic mass is 9.76. The molecular formula is C23H17FN2O4. The molecule has 30 heavy (non-hydrogen) atoms. The fourth-order valence-electron chi connectivity index (χ4n) is 4.57. The fraction of sp³-hybridized carbons (Fsp3) is 0.217. The molecule has 1 amide bonds. The average Bonchev–Trinajstić information content (AvgIpc) is 3.20. The van der Waals surface area contributed by atoms with Crippen LogP contribution in [0.2, 0.25) is 0 Å². The first-order valence-corrected chi connectivity index (χ1v) is 9.76. The minimum Gasteiger partial charge on any atom is -0.486 e. The number of rotatable bonds is 2. The van der Waals surface area contributed by atoms with E-state index < -0.39 is 11.8 Å². The Hall–Kier alpha value is -3.61. The topological polar surface area (TPSA) is 60.9 Å². The highest BCUT2D eigenvalue weighted by Crippen LogP contribution is 2.57. The summed E-state index contributed by atoms with van der Waals surface area (Å²) in [5, 5.41) is 0. The highest BCUT2D eigenvalue weighted by Gasteiger charge is 2.63. The zero-order valence-electron chi connectivity index (χ0n) is 15.9. The lowest BCUT2D eigenvalue weighted by Crippen LogP contribution is -2.46. The molecule has 4 heterocycles. The first-order valence-electron chi connectivity index (χ1n) is 9.76. The Morgan fingerprint density at radius 1 is 1.00 bits per heavy atom. The van der Waals surface area contributed by atoms with Gasteiger partial charge < -0.3 is 19.1 Å². The summed E-state index contributed by atoms with van der Waals surface area (Å²) < 4.78 is 32.5. The molecular weight excluding hydrogens is 387 g/mol. The van der Waals surface area contributed by atoms with Gasteiger partial charge in [-0.1, -0.05) is 24.3 Å². The highest BCUT2D eigenvalue weighted by molar-refractivity contribution is 6.11. The monoisotopic (exact) mass is 404 g/mol. The molecule has 2 atom stereocenters. The second-order valence-electron chi connectivity index (χ2n) is 7.46. The van der Waals surface area contributed by atoms with Crippen LogP contribution in [0.5, 0.6) is 17.2 Å². The van der Waals surface area contributed by atoms with E-state index >= 15 is 4.39 Å². The van der Waals surface area contributed by atoms with Crippen LogP contribution < -0.4 is 19.1 Å². The molecule has 0 saturated carbocycles. The van der Waals surface area contributed by atoms with E-state index in [9.17, 15) is 4.79 Å². The summed E-state index contributed by atoms with van der Waals surface area (Å²) in [4.78, 5) is 19.8. The molecule has 2 aromatic carbocycles. The number of carbonyl (C=O) groups excluding carboxylic acids is 1. The number of carbonyl (C=O) groups is 1. The molecule has 6 rings (SSSR count). The van der Waals surface area contributed by atoms with E-state index in [1.54, 1.807) is 35.4 Å². The summed E-state index contributed by atoms with van der Waals surface area (Å²) in [5.74, 6) is 0.908. The maximum atomic E-state index is 15.6. The molecule has 0 radical (unpaired) electrons. The number of hydrogen-bond acceptors (Lipinski definition) is 5. The molecule has 0 aliphatic carbocycles. The second kappa shape index (κ2) is 6.19. The number of nitrogens with zero attached hydrogens (tertiary/aromatic N) is 2. The maximum Gasteiger partial charge on any atom is 0.261 e. The number of alkyl halides is 1. The molecule has 1 aromatic heterocycles. The van der Waals surface area contributed by atoms with Crippen molar-refractivity contribution in [1.29, 1.82) is 0 Å². The third-order valence-corrected chi connectivity index (χ3v) is 5.89. The van der Waals surface area contributed by atoms with Gasteiger partial charge in [0.25, 0.3) is 6.36 Å². The predicted molar refractivity (Wildman–Crippen MR) is 106 cm³/mol. The Bertz CT molecular complexity index is 1170. The van der Waals surface area contributed by atoms with Crippen LogP contribution in [0, 0.1) is 0 Å². The second-order valence-corrected chi connectivity index (χ2v) is 7.46. The van der Waals surface area contributed by atoms with Crippen LogP contribution in [0.3, 0.4) is 0 Å². The summed E-state index contributed by atoms with van der Waals surface area (Å²) in [5.41, 5.74) is 0.821. The van der Waals surface area contributed by atoms with Crippen LogP contribution in [-0.2, 0) is 16.8 Å². The molecule has 150 valence electrons. The van der Waals surface area contributed by atoms with E-state index in [0.29, 0.717) is 47.3 Å². The number of benzene rings is 2. The molecule has 3 aromatic rings. The zero-order chi connectivity index (χ0) is 20.3. The molecule has 3 aliphatic heterocycles. The maximum absolute atomic E-state index is 15.6. The van der Waals surface area contributed by atoms with Gasteiger partial charge in [-0.25, -0.2) is 0 Å². The first-order chi connectivity index (χ1) is 14.7. The third kappa shape index (κ3) is 2.17. The van der Waals surface area contributed by atoms with Crippen LogP contribution in [0.25, 0.3) is 0 Å². The minimum absolute atomic E-state index is 0.241. The van der Waals surface area contributed by atoms with Gasteiger partial charge in [0, 0.05) is 29.1 Å². The average molecular weight is 404 g/mol. The van der Waals surface area contributed by atoms with Gasteiger partial charge in [0.15, 0.2) is 16.9 Å². The molecule has 1 spiro atoms. The van der Waals surface area contributed by atoms with Crippen LogP contribution in [-0.4, -0.2) is 30.5 Å². The van der Waals surface area contributed by atoms with Gasteiger partial charge in [-0.2, -0.15) is 4.39 Å². The van der Waals surface area contributed by atoms with Crippen molar-refractivity contribution in [3.05, 3.63) is 77.6 Å². The number of amides is 1. The van der Waals surface area contributed by atoms with E-state index in [2.05, 4.69) is 4.98 Å².